The normalized spacial score (nSPS) is 27.9. The van der Waals surface area contributed by atoms with Crippen LogP contribution in [-0.2, 0) is 0 Å². The fraction of sp³-hybridized carbons (Fsp3) is 1.00. The van der Waals surface area contributed by atoms with Gasteiger partial charge < -0.3 is 5.32 Å². The van der Waals surface area contributed by atoms with Gasteiger partial charge in [-0.05, 0) is 70.3 Å². The SMILES string of the molecule is CC(C)(C)NCC1CCCC(C(C)(C)C)CC1. The van der Waals surface area contributed by atoms with Crippen molar-refractivity contribution in [3.05, 3.63) is 0 Å². The van der Waals surface area contributed by atoms with Crippen molar-refractivity contribution in [2.24, 2.45) is 17.3 Å². The van der Waals surface area contributed by atoms with Gasteiger partial charge in [0.25, 0.3) is 0 Å². The fourth-order valence-corrected chi connectivity index (χ4v) is 2.90. The van der Waals surface area contributed by atoms with E-state index in [1.807, 2.05) is 0 Å². The highest BCUT2D eigenvalue weighted by atomic mass is 14.9. The molecule has 1 N–H and O–H groups in total. The Morgan fingerprint density at radius 1 is 0.882 bits per heavy atom. The molecule has 0 aliphatic heterocycles. The van der Waals surface area contributed by atoms with E-state index in [1.54, 1.807) is 0 Å². The second-order valence-electron chi connectivity index (χ2n) is 8.07. The van der Waals surface area contributed by atoms with Crippen LogP contribution in [0.5, 0.6) is 0 Å². The lowest BCUT2D eigenvalue weighted by Crippen LogP contribution is -2.39. The molecule has 0 aromatic heterocycles. The summed E-state index contributed by atoms with van der Waals surface area (Å²) in [5.74, 6) is 1.84. The average molecular weight is 239 g/mol. The molecule has 0 aromatic rings. The third-order valence-corrected chi connectivity index (χ3v) is 4.23. The molecule has 0 amide bonds. The Labute approximate surface area is 109 Å². The molecule has 1 aliphatic rings. The Bertz CT molecular complexity index is 219. The molecular weight excluding hydrogens is 206 g/mol. The van der Waals surface area contributed by atoms with E-state index in [2.05, 4.69) is 46.9 Å². The highest BCUT2D eigenvalue weighted by molar-refractivity contribution is 4.81. The number of hydrogen-bond donors (Lipinski definition) is 1. The maximum atomic E-state index is 3.67. The lowest BCUT2D eigenvalue weighted by atomic mass is 9.76. The highest BCUT2D eigenvalue weighted by Crippen LogP contribution is 2.38. The van der Waals surface area contributed by atoms with Gasteiger partial charge in [-0.25, -0.2) is 0 Å². The van der Waals surface area contributed by atoms with Crippen LogP contribution in [-0.4, -0.2) is 12.1 Å². The molecule has 0 heterocycles. The van der Waals surface area contributed by atoms with Crippen molar-refractivity contribution >= 4 is 0 Å². The Hall–Kier alpha value is -0.0400. The molecule has 1 aliphatic carbocycles. The second kappa shape index (κ2) is 5.73. The van der Waals surface area contributed by atoms with Gasteiger partial charge in [0, 0.05) is 5.54 Å². The zero-order chi connectivity index (χ0) is 13.1. The molecule has 1 heteroatoms. The third-order valence-electron chi connectivity index (χ3n) is 4.23. The van der Waals surface area contributed by atoms with E-state index < -0.39 is 0 Å². The monoisotopic (exact) mass is 239 g/mol. The summed E-state index contributed by atoms with van der Waals surface area (Å²) in [6, 6.07) is 0. The first kappa shape index (κ1) is 15.0. The zero-order valence-corrected chi connectivity index (χ0v) is 12.9. The van der Waals surface area contributed by atoms with Crippen LogP contribution in [0.15, 0.2) is 0 Å². The molecule has 1 saturated carbocycles. The molecule has 2 atom stereocenters. The molecule has 0 radical (unpaired) electrons. The molecule has 1 rings (SSSR count). The molecule has 1 nitrogen and oxygen atoms in total. The number of nitrogens with one attached hydrogen (secondary N) is 1. The van der Waals surface area contributed by atoms with Gasteiger partial charge in [0.15, 0.2) is 0 Å². The summed E-state index contributed by atoms with van der Waals surface area (Å²) in [7, 11) is 0. The van der Waals surface area contributed by atoms with Crippen LogP contribution >= 0.6 is 0 Å². The van der Waals surface area contributed by atoms with E-state index in [1.165, 1.54) is 38.6 Å². The van der Waals surface area contributed by atoms with E-state index in [4.69, 9.17) is 0 Å². The van der Waals surface area contributed by atoms with Crippen LogP contribution in [0.1, 0.15) is 73.6 Å². The number of rotatable bonds is 2. The van der Waals surface area contributed by atoms with Crippen molar-refractivity contribution in [3.63, 3.8) is 0 Å². The molecular formula is C16H33N. The Balaban J connectivity index is 2.38. The van der Waals surface area contributed by atoms with Gasteiger partial charge in [-0.2, -0.15) is 0 Å². The Morgan fingerprint density at radius 3 is 2.06 bits per heavy atom. The first-order chi connectivity index (χ1) is 7.68. The lowest BCUT2D eigenvalue weighted by molar-refractivity contribution is 0.212. The minimum Gasteiger partial charge on any atom is -0.312 e. The van der Waals surface area contributed by atoms with Crippen LogP contribution in [0.2, 0.25) is 0 Å². The quantitative estimate of drug-likeness (QED) is 0.694. The van der Waals surface area contributed by atoms with Crippen molar-refractivity contribution in [2.75, 3.05) is 6.54 Å². The van der Waals surface area contributed by atoms with Crippen molar-refractivity contribution in [1.82, 2.24) is 5.32 Å². The van der Waals surface area contributed by atoms with E-state index in [-0.39, 0.29) is 5.54 Å². The Morgan fingerprint density at radius 2 is 1.53 bits per heavy atom. The largest absolute Gasteiger partial charge is 0.312 e. The van der Waals surface area contributed by atoms with Gasteiger partial charge in [0.05, 0.1) is 0 Å². The summed E-state index contributed by atoms with van der Waals surface area (Å²) in [5.41, 5.74) is 0.780. The van der Waals surface area contributed by atoms with Gasteiger partial charge in [0.2, 0.25) is 0 Å². The molecule has 0 spiro atoms. The Kier molecular flexibility index (Phi) is 5.07. The first-order valence-electron chi connectivity index (χ1n) is 7.43. The van der Waals surface area contributed by atoms with Crippen molar-refractivity contribution in [3.8, 4) is 0 Å². The average Bonchev–Trinajstić information content (AvgIpc) is 2.37. The van der Waals surface area contributed by atoms with E-state index in [0.29, 0.717) is 5.41 Å². The lowest BCUT2D eigenvalue weighted by Gasteiger charge is -2.30. The molecule has 102 valence electrons. The predicted octanol–water partition coefficient (Wildman–Crippen LogP) is 4.62. The minimum absolute atomic E-state index is 0.274. The minimum atomic E-state index is 0.274. The molecule has 0 bridgehead atoms. The topological polar surface area (TPSA) is 12.0 Å². The van der Waals surface area contributed by atoms with Gasteiger partial charge in [0.1, 0.15) is 0 Å². The maximum Gasteiger partial charge on any atom is 0.00966 e. The molecule has 17 heavy (non-hydrogen) atoms. The van der Waals surface area contributed by atoms with Gasteiger partial charge >= 0.3 is 0 Å². The van der Waals surface area contributed by atoms with Gasteiger partial charge in [-0.1, -0.05) is 27.2 Å². The molecule has 2 unspecified atom stereocenters. The summed E-state index contributed by atoms with van der Waals surface area (Å²) < 4.78 is 0. The standard InChI is InChI=1S/C16H33N/c1-15(2,3)14-9-7-8-13(10-11-14)12-17-16(4,5)6/h13-14,17H,7-12H2,1-6H3. The van der Waals surface area contributed by atoms with Gasteiger partial charge in [-0.3, -0.25) is 0 Å². The van der Waals surface area contributed by atoms with Crippen LogP contribution < -0.4 is 5.32 Å². The third kappa shape index (κ3) is 5.90. The highest BCUT2D eigenvalue weighted by Gasteiger charge is 2.27. The van der Waals surface area contributed by atoms with E-state index in [9.17, 15) is 0 Å². The molecule has 0 aromatic carbocycles. The number of hydrogen-bond acceptors (Lipinski definition) is 1. The van der Waals surface area contributed by atoms with Crippen molar-refractivity contribution in [2.45, 2.75) is 79.2 Å². The van der Waals surface area contributed by atoms with Crippen molar-refractivity contribution in [1.29, 1.82) is 0 Å². The van der Waals surface area contributed by atoms with Gasteiger partial charge in [-0.15, -0.1) is 0 Å². The summed E-state index contributed by atoms with van der Waals surface area (Å²) in [4.78, 5) is 0. The van der Waals surface area contributed by atoms with E-state index in [0.717, 1.165) is 11.8 Å². The van der Waals surface area contributed by atoms with Crippen LogP contribution in [0.4, 0.5) is 0 Å². The summed E-state index contributed by atoms with van der Waals surface area (Å²) in [6.45, 7) is 15.2. The van der Waals surface area contributed by atoms with Crippen LogP contribution in [0.25, 0.3) is 0 Å². The summed E-state index contributed by atoms with van der Waals surface area (Å²) in [5, 5.41) is 3.67. The molecule has 1 fully saturated rings. The van der Waals surface area contributed by atoms with Crippen LogP contribution in [0.3, 0.4) is 0 Å². The van der Waals surface area contributed by atoms with Crippen LogP contribution in [0, 0.1) is 17.3 Å². The zero-order valence-electron chi connectivity index (χ0n) is 12.9. The van der Waals surface area contributed by atoms with E-state index >= 15 is 0 Å². The summed E-state index contributed by atoms with van der Waals surface area (Å²) in [6.07, 6.45) is 7.15. The first-order valence-corrected chi connectivity index (χ1v) is 7.43. The second-order valence-corrected chi connectivity index (χ2v) is 8.07. The maximum absolute atomic E-state index is 3.67. The predicted molar refractivity (Wildman–Crippen MR) is 77.3 cm³/mol. The summed E-state index contributed by atoms with van der Waals surface area (Å²) >= 11 is 0. The fourth-order valence-electron chi connectivity index (χ4n) is 2.90. The van der Waals surface area contributed by atoms with Crippen molar-refractivity contribution < 1.29 is 0 Å². The smallest absolute Gasteiger partial charge is 0.00966 e. The molecule has 0 saturated heterocycles.